The molecule has 0 saturated carbocycles. The second-order valence-electron chi connectivity index (χ2n) is 6.36. The standard InChI is InChI=1S/C21H24N2O5/c1-22-21(27)17-5-3-4-15(12-17)8-11-19(24)23(2)13-16-6-9-18(10-7-16)28-14-20(25)26/h3-7,9-10,12H,8,11,13-14H2,1-2H3,(H,22,27)(H,25,26). The minimum absolute atomic E-state index is 0.00319. The van der Waals surface area contributed by atoms with E-state index in [0.717, 1.165) is 11.1 Å². The van der Waals surface area contributed by atoms with Crippen LogP contribution in [0.1, 0.15) is 27.9 Å². The lowest BCUT2D eigenvalue weighted by Crippen LogP contribution is -2.26. The Bertz CT molecular complexity index is 833. The number of rotatable bonds is 9. The summed E-state index contributed by atoms with van der Waals surface area (Å²) in [4.78, 5) is 36.2. The van der Waals surface area contributed by atoms with Gasteiger partial charge in [-0.1, -0.05) is 24.3 Å². The highest BCUT2D eigenvalue weighted by Gasteiger charge is 2.11. The fourth-order valence-corrected chi connectivity index (χ4v) is 2.65. The number of aliphatic carboxylic acids is 1. The first-order chi connectivity index (χ1) is 13.4. The van der Waals surface area contributed by atoms with Gasteiger partial charge in [0.05, 0.1) is 0 Å². The van der Waals surface area contributed by atoms with E-state index in [4.69, 9.17) is 9.84 Å². The Kier molecular flexibility index (Phi) is 7.56. The Hall–Kier alpha value is -3.35. The molecule has 0 aliphatic rings. The summed E-state index contributed by atoms with van der Waals surface area (Å²) in [5.41, 5.74) is 2.42. The number of aryl methyl sites for hydroxylation is 1. The Labute approximate surface area is 163 Å². The molecule has 7 nitrogen and oxygen atoms in total. The predicted molar refractivity (Wildman–Crippen MR) is 104 cm³/mol. The number of carboxylic acid groups (broad SMARTS) is 1. The summed E-state index contributed by atoms with van der Waals surface area (Å²) in [6.45, 7) is 0.0508. The number of carbonyl (C=O) groups is 3. The molecule has 2 amide bonds. The van der Waals surface area contributed by atoms with E-state index < -0.39 is 12.6 Å². The highest BCUT2D eigenvalue weighted by atomic mass is 16.5. The Morgan fingerprint density at radius 1 is 1.07 bits per heavy atom. The van der Waals surface area contributed by atoms with Gasteiger partial charge < -0.3 is 20.1 Å². The van der Waals surface area contributed by atoms with Gasteiger partial charge >= 0.3 is 5.97 Å². The van der Waals surface area contributed by atoms with Gasteiger partial charge in [-0.15, -0.1) is 0 Å². The summed E-state index contributed by atoms with van der Waals surface area (Å²) < 4.78 is 5.09. The molecule has 0 radical (unpaired) electrons. The third-order valence-corrected chi connectivity index (χ3v) is 4.17. The number of amides is 2. The maximum atomic E-state index is 12.4. The van der Waals surface area contributed by atoms with E-state index in [-0.39, 0.29) is 11.8 Å². The zero-order valence-electron chi connectivity index (χ0n) is 16.0. The van der Waals surface area contributed by atoms with Gasteiger partial charge in [0.2, 0.25) is 5.91 Å². The van der Waals surface area contributed by atoms with Crippen molar-refractivity contribution in [1.29, 1.82) is 0 Å². The van der Waals surface area contributed by atoms with Crippen LogP contribution in [-0.4, -0.2) is 48.5 Å². The summed E-state index contributed by atoms with van der Waals surface area (Å²) in [5.74, 6) is -0.719. The van der Waals surface area contributed by atoms with Crippen LogP contribution in [0, 0.1) is 0 Å². The highest BCUT2D eigenvalue weighted by molar-refractivity contribution is 5.94. The smallest absolute Gasteiger partial charge is 0.341 e. The van der Waals surface area contributed by atoms with E-state index in [9.17, 15) is 14.4 Å². The molecule has 0 aromatic heterocycles. The van der Waals surface area contributed by atoms with Crippen LogP contribution in [-0.2, 0) is 22.6 Å². The fourth-order valence-electron chi connectivity index (χ4n) is 2.65. The molecule has 148 valence electrons. The average Bonchev–Trinajstić information content (AvgIpc) is 2.71. The van der Waals surface area contributed by atoms with E-state index in [1.54, 1.807) is 55.4 Å². The summed E-state index contributed by atoms with van der Waals surface area (Å²) in [6.07, 6.45) is 0.892. The second kappa shape index (κ2) is 10.1. The molecule has 0 atom stereocenters. The molecule has 28 heavy (non-hydrogen) atoms. The summed E-state index contributed by atoms with van der Waals surface area (Å²) in [7, 11) is 3.32. The van der Waals surface area contributed by atoms with Crippen molar-refractivity contribution in [3.05, 3.63) is 65.2 Å². The van der Waals surface area contributed by atoms with Crippen LogP contribution < -0.4 is 10.1 Å². The van der Waals surface area contributed by atoms with Crippen LogP contribution >= 0.6 is 0 Å². The first-order valence-corrected chi connectivity index (χ1v) is 8.87. The minimum atomic E-state index is -1.03. The molecule has 0 saturated heterocycles. The van der Waals surface area contributed by atoms with Gasteiger partial charge in [0.1, 0.15) is 5.75 Å². The lowest BCUT2D eigenvalue weighted by atomic mass is 10.1. The average molecular weight is 384 g/mol. The molecular weight excluding hydrogens is 360 g/mol. The number of hydrogen-bond donors (Lipinski definition) is 2. The third-order valence-electron chi connectivity index (χ3n) is 4.17. The SMILES string of the molecule is CNC(=O)c1cccc(CCC(=O)N(C)Cc2ccc(OCC(=O)O)cc2)c1. The van der Waals surface area contributed by atoms with Crippen LogP contribution in [0.15, 0.2) is 48.5 Å². The Balaban J connectivity index is 1.86. The maximum absolute atomic E-state index is 12.4. The van der Waals surface area contributed by atoms with Crippen LogP contribution in [0.3, 0.4) is 0 Å². The third kappa shape index (κ3) is 6.42. The number of carboxylic acids is 1. The van der Waals surface area contributed by atoms with E-state index in [0.29, 0.717) is 30.7 Å². The number of nitrogens with one attached hydrogen (secondary N) is 1. The lowest BCUT2D eigenvalue weighted by Gasteiger charge is -2.17. The monoisotopic (exact) mass is 384 g/mol. The van der Waals surface area contributed by atoms with Crippen molar-refractivity contribution in [2.24, 2.45) is 0 Å². The van der Waals surface area contributed by atoms with E-state index in [1.165, 1.54) is 0 Å². The molecule has 0 spiro atoms. The first-order valence-electron chi connectivity index (χ1n) is 8.87. The first kappa shape index (κ1) is 21.0. The zero-order chi connectivity index (χ0) is 20.5. The molecule has 2 aromatic carbocycles. The van der Waals surface area contributed by atoms with E-state index >= 15 is 0 Å². The van der Waals surface area contributed by atoms with E-state index in [2.05, 4.69) is 5.32 Å². The van der Waals surface area contributed by atoms with Crippen molar-refractivity contribution in [1.82, 2.24) is 10.2 Å². The van der Waals surface area contributed by atoms with Crippen molar-refractivity contribution in [3.8, 4) is 5.75 Å². The van der Waals surface area contributed by atoms with Gasteiger partial charge in [-0.3, -0.25) is 9.59 Å². The zero-order valence-corrected chi connectivity index (χ0v) is 16.0. The normalized spacial score (nSPS) is 10.2. The summed E-state index contributed by atoms with van der Waals surface area (Å²) in [6, 6.07) is 14.2. The van der Waals surface area contributed by atoms with E-state index in [1.807, 2.05) is 12.1 Å². The van der Waals surface area contributed by atoms with Crippen molar-refractivity contribution in [2.75, 3.05) is 20.7 Å². The van der Waals surface area contributed by atoms with Crippen LogP contribution in [0.5, 0.6) is 5.75 Å². The molecule has 0 aliphatic heterocycles. The van der Waals surface area contributed by atoms with Gasteiger partial charge in [-0.25, -0.2) is 4.79 Å². The van der Waals surface area contributed by atoms with Gasteiger partial charge in [0, 0.05) is 32.6 Å². The van der Waals surface area contributed by atoms with Crippen molar-refractivity contribution >= 4 is 17.8 Å². The molecule has 2 aromatic rings. The van der Waals surface area contributed by atoms with Crippen molar-refractivity contribution in [3.63, 3.8) is 0 Å². The quantitative estimate of drug-likeness (QED) is 0.690. The van der Waals surface area contributed by atoms with Gasteiger partial charge in [0.15, 0.2) is 6.61 Å². The Morgan fingerprint density at radius 3 is 2.43 bits per heavy atom. The number of hydrogen-bond acceptors (Lipinski definition) is 4. The molecule has 2 rings (SSSR count). The highest BCUT2D eigenvalue weighted by Crippen LogP contribution is 2.14. The summed E-state index contributed by atoms with van der Waals surface area (Å²) in [5, 5.41) is 11.2. The number of carbonyl (C=O) groups excluding carboxylic acids is 2. The molecule has 0 fully saturated rings. The minimum Gasteiger partial charge on any atom is -0.482 e. The molecule has 7 heteroatoms. The molecule has 0 bridgehead atoms. The lowest BCUT2D eigenvalue weighted by molar-refractivity contribution is -0.139. The van der Waals surface area contributed by atoms with Gasteiger partial charge in [-0.05, 0) is 41.8 Å². The van der Waals surface area contributed by atoms with Crippen molar-refractivity contribution in [2.45, 2.75) is 19.4 Å². The molecule has 2 N–H and O–H groups in total. The van der Waals surface area contributed by atoms with Crippen LogP contribution in [0.25, 0.3) is 0 Å². The van der Waals surface area contributed by atoms with Gasteiger partial charge in [0.25, 0.3) is 5.91 Å². The van der Waals surface area contributed by atoms with Crippen LogP contribution in [0.4, 0.5) is 0 Å². The van der Waals surface area contributed by atoms with Crippen LogP contribution in [0.2, 0.25) is 0 Å². The Morgan fingerprint density at radius 2 is 1.79 bits per heavy atom. The molecular formula is C21H24N2O5. The second-order valence-corrected chi connectivity index (χ2v) is 6.36. The van der Waals surface area contributed by atoms with Gasteiger partial charge in [-0.2, -0.15) is 0 Å². The number of nitrogens with zero attached hydrogens (tertiary/aromatic N) is 1. The molecule has 0 unspecified atom stereocenters. The molecule has 0 heterocycles. The van der Waals surface area contributed by atoms with Crippen molar-refractivity contribution < 1.29 is 24.2 Å². The largest absolute Gasteiger partial charge is 0.482 e. The topological polar surface area (TPSA) is 95.9 Å². The number of ether oxygens (including phenoxy) is 1. The molecule has 0 aliphatic carbocycles. The fraction of sp³-hybridized carbons (Fsp3) is 0.286. The number of benzene rings is 2. The summed E-state index contributed by atoms with van der Waals surface area (Å²) >= 11 is 0. The predicted octanol–water partition coefficient (Wildman–Crippen LogP) is 2.10. The maximum Gasteiger partial charge on any atom is 0.341 e.